The molecule has 2 amide bonds. The first-order chi connectivity index (χ1) is 13.6. The lowest BCUT2D eigenvalue weighted by atomic mass is 10.1. The number of hydrogen-bond donors (Lipinski definition) is 2. The van der Waals surface area contributed by atoms with Crippen molar-refractivity contribution in [3.05, 3.63) is 34.3 Å². The molecule has 10 heteroatoms. The number of hydrogen-bond acceptors (Lipinski definition) is 6. The molecule has 0 aromatic heterocycles. The maximum absolute atomic E-state index is 12.5. The maximum Gasteiger partial charge on any atom is 0.329 e. The summed E-state index contributed by atoms with van der Waals surface area (Å²) in [6.07, 6.45) is 3.01. The number of benzene rings is 1. The Labute approximate surface area is 178 Å². The summed E-state index contributed by atoms with van der Waals surface area (Å²) in [4.78, 5) is 36.9. The van der Waals surface area contributed by atoms with E-state index in [1.165, 1.54) is 0 Å². The Morgan fingerprint density at radius 1 is 1.21 bits per heavy atom. The molecular weight excluding hydrogens is 464 g/mol. The van der Waals surface area contributed by atoms with E-state index in [2.05, 4.69) is 26.6 Å². The van der Waals surface area contributed by atoms with Gasteiger partial charge in [-0.15, -0.1) is 0 Å². The van der Waals surface area contributed by atoms with Gasteiger partial charge >= 0.3 is 5.97 Å². The van der Waals surface area contributed by atoms with Gasteiger partial charge in [0.2, 0.25) is 0 Å². The quantitative estimate of drug-likeness (QED) is 0.481. The smallest absolute Gasteiger partial charge is 0.329 e. The van der Waals surface area contributed by atoms with Crippen molar-refractivity contribution in [2.75, 3.05) is 18.6 Å². The second-order valence-electron chi connectivity index (χ2n) is 7.23. The topological polar surface area (TPSA) is 119 Å². The van der Waals surface area contributed by atoms with Crippen molar-refractivity contribution in [1.29, 1.82) is 0 Å². The van der Waals surface area contributed by atoms with Crippen LogP contribution in [0.4, 0.5) is 0 Å². The minimum atomic E-state index is -3.36. The highest BCUT2D eigenvalue weighted by Gasteiger charge is 2.30. The number of sulfone groups is 1. The summed E-state index contributed by atoms with van der Waals surface area (Å²) in [6.45, 7) is 1.40. The average Bonchev–Trinajstić information content (AvgIpc) is 3.47. The fraction of sp³-hybridized carbons (Fsp3) is 0.526. The summed E-state index contributed by atoms with van der Waals surface area (Å²) >= 11 is 3.26. The van der Waals surface area contributed by atoms with Crippen LogP contribution in [-0.4, -0.2) is 56.9 Å². The lowest BCUT2D eigenvalue weighted by molar-refractivity contribution is -0.150. The summed E-state index contributed by atoms with van der Waals surface area (Å²) in [5.74, 6) is -1.70. The first-order valence-electron chi connectivity index (χ1n) is 9.26. The summed E-state index contributed by atoms with van der Waals surface area (Å²) in [5, 5.41) is 5.26. The lowest BCUT2D eigenvalue weighted by Crippen LogP contribution is -2.44. The third kappa shape index (κ3) is 8.14. The van der Waals surface area contributed by atoms with E-state index in [-0.39, 0.29) is 18.2 Å². The molecule has 0 bridgehead atoms. The van der Waals surface area contributed by atoms with Crippen LogP contribution in [0.1, 0.15) is 36.5 Å². The zero-order valence-electron chi connectivity index (χ0n) is 16.3. The monoisotopic (exact) mass is 488 g/mol. The molecule has 2 atom stereocenters. The number of rotatable bonds is 10. The van der Waals surface area contributed by atoms with Gasteiger partial charge in [-0.1, -0.05) is 12.1 Å². The normalized spacial score (nSPS) is 15.8. The number of carbonyl (C=O) groups excluding carboxylic acids is 3. The fourth-order valence-corrected chi connectivity index (χ4v) is 3.84. The minimum Gasteiger partial charge on any atom is -0.454 e. The number of carbonyl (C=O) groups is 3. The standard InChI is InChI=1S/C19H25BrN2O6S/c1-12(13-7-8-13)21-17(23)11-28-19(25)16(9-10-29(2,26)27)22-18(24)14-5-3-4-6-15(14)20/h3-6,12-13,16H,7-11H2,1-2H3,(H,21,23)(H,22,24)/t12-,16-/m0/s1. The first kappa shape index (κ1) is 23.3. The highest BCUT2D eigenvalue weighted by Crippen LogP contribution is 2.32. The number of ether oxygens (including phenoxy) is 1. The molecule has 0 radical (unpaired) electrons. The molecule has 2 N–H and O–H groups in total. The summed E-state index contributed by atoms with van der Waals surface area (Å²) in [5.41, 5.74) is 0.292. The van der Waals surface area contributed by atoms with Gasteiger partial charge in [0, 0.05) is 16.8 Å². The van der Waals surface area contributed by atoms with Crippen LogP contribution in [0.2, 0.25) is 0 Å². The number of nitrogens with one attached hydrogen (secondary N) is 2. The van der Waals surface area contributed by atoms with E-state index < -0.39 is 40.3 Å². The van der Waals surface area contributed by atoms with E-state index in [1.807, 2.05) is 6.92 Å². The van der Waals surface area contributed by atoms with Crippen molar-refractivity contribution in [2.24, 2.45) is 5.92 Å². The first-order valence-corrected chi connectivity index (χ1v) is 12.1. The number of esters is 1. The Morgan fingerprint density at radius 2 is 1.86 bits per heavy atom. The van der Waals surface area contributed by atoms with Gasteiger partial charge in [-0.25, -0.2) is 13.2 Å². The number of amides is 2. The second-order valence-corrected chi connectivity index (χ2v) is 10.3. The van der Waals surface area contributed by atoms with Crippen LogP contribution in [0, 0.1) is 5.92 Å². The van der Waals surface area contributed by atoms with Crippen LogP contribution in [0.3, 0.4) is 0 Å². The lowest BCUT2D eigenvalue weighted by Gasteiger charge is -2.18. The Kier molecular flexibility index (Phi) is 8.21. The largest absolute Gasteiger partial charge is 0.454 e. The molecule has 160 valence electrons. The van der Waals surface area contributed by atoms with Crippen molar-refractivity contribution in [3.63, 3.8) is 0 Å². The third-order valence-corrected chi connectivity index (χ3v) is 6.22. The van der Waals surface area contributed by atoms with Crippen LogP contribution in [-0.2, 0) is 24.2 Å². The molecule has 0 spiro atoms. The van der Waals surface area contributed by atoms with Gasteiger partial charge < -0.3 is 15.4 Å². The molecular formula is C19H25BrN2O6S. The van der Waals surface area contributed by atoms with Crippen molar-refractivity contribution >= 4 is 43.6 Å². The molecule has 1 aromatic carbocycles. The second kappa shape index (κ2) is 10.2. The van der Waals surface area contributed by atoms with Gasteiger partial charge in [0.1, 0.15) is 15.9 Å². The van der Waals surface area contributed by atoms with Crippen molar-refractivity contribution in [2.45, 2.75) is 38.3 Å². The maximum atomic E-state index is 12.5. The molecule has 0 unspecified atom stereocenters. The molecule has 0 aliphatic heterocycles. The SMILES string of the molecule is C[C@H](NC(=O)COC(=O)[C@H](CCS(C)(=O)=O)NC(=O)c1ccccc1Br)C1CC1. The Bertz CT molecular complexity index is 869. The zero-order valence-corrected chi connectivity index (χ0v) is 18.7. The van der Waals surface area contributed by atoms with E-state index >= 15 is 0 Å². The van der Waals surface area contributed by atoms with Gasteiger partial charge in [0.05, 0.1) is 11.3 Å². The number of halogens is 1. The minimum absolute atomic E-state index is 0.0115. The van der Waals surface area contributed by atoms with E-state index in [0.717, 1.165) is 19.1 Å². The molecule has 1 aliphatic rings. The van der Waals surface area contributed by atoms with E-state index in [1.54, 1.807) is 24.3 Å². The van der Waals surface area contributed by atoms with E-state index in [0.29, 0.717) is 16.0 Å². The van der Waals surface area contributed by atoms with Crippen LogP contribution in [0.15, 0.2) is 28.7 Å². The van der Waals surface area contributed by atoms with Crippen molar-refractivity contribution in [3.8, 4) is 0 Å². The van der Waals surface area contributed by atoms with Crippen LogP contribution in [0.25, 0.3) is 0 Å². The highest BCUT2D eigenvalue weighted by molar-refractivity contribution is 9.10. The molecule has 1 aliphatic carbocycles. The predicted molar refractivity (Wildman–Crippen MR) is 111 cm³/mol. The molecule has 1 fully saturated rings. The average molecular weight is 489 g/mol. The van der Waals surface area contributed by atoms with E-state index in [4.69, 9.17) is 4.74 Å². The van der Waals surface area contributed by atoms with Gasteiger partial charge in [0.25, 0.3) is 11.8 Å². The Balaban J connectivity index is 1.98. The van der Waals surface area contributed by atoms with Crippen LogP contribution in [0.5, 0.6) is 0 Å². The summed E-state index contributed by atoms with van der Waals surface area (Å²) in [6, 6.07) is 5.44. The van der Waals surface area contributed by atoms with Crippen molar-refractivity contribution < 1.29 is 27.5 Å². The Hall–Kier alpha value is -1.94. The van der Waals surface area contributed by atoms with Gasteiger partial charge in [-0.3, -0.25) is 9.59 Å². The predicted octanol–water partition coefficient (Wildman–Crippen LogP) is 1.44. The highest BCUT2D eigenvalue weighted by atomic mass is 79.9. The van der Waals surface area contributed by atoms with Gasteiger partial charge in [-0.2, -0.15) is 0 Å². The summed E-state index contributed by atoms with van der Waals surface area (Å²) in [7, 11) is -3.36. The summed E-state index contributed by atoms with van der Waals surface area (Å²) < 4.78 is 28.5. The molecule has 1 aromatic rings. The van der Waals surface area contributed by atoms with Crippen LogP contribution >= 0.6 is 15.9 Å². The molecule has 0 heterocycles. The Morgan fingerprint density at radius 3 is 2.45 bits per heavy atom. The molecule has 2 rings (SSSR count). The molecule has 29 heavy (non-hydrogen) atoms. The molecule has 8 nitrogen and oxygen atoms in total. The van der Waals surface area contributed by atoms with Gasteiger partial charge in [-0.05, 0) is 60.2 Å². The van der Waals surface area contributed by atoms with E-state index in [9.17, 15) is 22.8 Å². The fourth-order valence-electron chi connectivity index (χ4n) is 2.71. The van der Waals surface area contributed by atoms with Crippen LogP contribution < -0.4 is 10.6 Å². The molecule has 1 saturated carbocycles. The molecule has 0 saturated heterocycles. The third-order valence-electron chi connectivity index (χ3n) is 4.55. The van der Waals surface area contributed by atoms with Crippen molar-refractivity contribution in [1.82, 2.24) is 10.6 Å². The zero-order chi connectivity index (χ0) is 21.6. The van der Waals surface area contributed by atoms with Gasteiger partial charge in [0.15, 0.2) is 6.61 Å².